The zero-order chi connectivity index (χ0) is 17.8. The first kappa shape index (κ1) is 17.9. The Bertz CT molecular complexity index is 729. The Balaban J connectivity index is 1.89. The molecular weight excluding hydrogens is 312 g/mol. The molecule has 3 rings (SSSR count). The highest BCUT2D eigenvalue weighted by molar-refractivity contribution is 5.94. The number of carbonyl (C=O) groups is 1. The van der Waals surface area contributed by atoms with Crippen molar-refractivity contribution in [2.24, 2.45) is 5.92 Å². The van der Waals surface area contributed by atoms with Gasteiger partial charge < -0.3 is 9.88 Å². The van der Waals surface area contributed by atoms with Crippen molar-refractivity contribution >= 4 is 22.6 Å². The van der Waals surface area contributed by atoms with Gasteiger partial charge in [0.2, 0.25) is 5.91 Å². The highest BCUT2D eigenvalue weighted by Crippen LogP contribution is 2.23. The van der Waals surface area contributed by atoms with Crippen LogP contribution in [0.2, 0.25) is 0 Å². The number of aromatic nitrogens is 2. The largest absolute Gasteiger partial charge is 0.327 e. The van der Waals surface area contributed by atoms with Gasteiger partial charge in [-0.3, -0.25) is 9.69 Å². The molecule has 1 saturated heterocycles. The maximum Gasteiger partial charge on any atom is 0.226 e. The molecule has 0 atom stereocenters. The summed E-state index contributed by atoms with van der Waals surface area (Å²) >= 11 is 0. The Kier molecular flexibility index (Phi) is 5.74. The molecule has 2 aromatic rings. The second-order valence-electron chi connectivity index (χ2n) is 7.36. The number of aryl methyl sites for hydroxylation is 1. The maximum absolute atomic E-state index is 11.9. The Hall–Kier alpha value is -1.88. The average Bonchev–Trinajstić information content (AvgIpc) is 3.20. The van der Waals surface area contributed by atoms with Crippen LogP contribution in [0, 0.1) is 5.92 Å². The van der Waals surface area contributed by atoms with Gasteiger partial charge in [0.1, 0.15) is 5.82 Å². The van der Waals surface area contributed by atoms with Gasteiger partial charge in [-0.25, -0.2) is 4.98 Å². The molecule has 1 amide bonds. The molecule has 2 heterocycles. The number of amides is 1. The minimum Gasteiger partial charge on any atom is -0.327 e. The quantitative estimate of drug-likeness (QED) is 0.826. The predicted octanol–water partition coefficient (Wildman–Crippen LogP) is 4.03. The summed E-state index contributed by atoms with van der Waals surface area (Å²) in [7, 11) is 0. The molecule has 0 radical (unpaired) electrons. The van der Waals surface area contributed by atoms with E-state index in [1.165, 1.54) is 37.9 Å². The summed E-state index contributed by atoms with van der Waals surface area (Å²) in [5.41, 5.74) is 2.98. The number of likely N-dealkylation sites (tertiary alicyclic amines) is 1. The predicted molar refractivity (Wildman–Crippen MR) is 103 cm³/mol. The average molecular weight is 342 g/mol. The Morgan fingerprint density at radius 1 is 1.28 bits per heavy atom. The van der Waals surface area contributed by atoms with E-state index < -0.39 is 0 Å². The van der Waals surface area contributed by atoms with Gasteiger partial charge in [0.05, 0.1) is 17.6 Å². The highest BCUT2D eigenvalue weighted by Gasteiger charge is 2.17. The number of benzene rings is 1. The van der Waals surface area contributed by atoms with Gasteiger partial charge in [-0.05, 0) is 50.6 Å². The van der Waals surface area contributed by atoms with Gasteiger partial charge in [0.25, 0.3) is 0 Å². The van der Waals surface area contributed by atoms with E-state index >= 15 is 0 Å². The van der Waals surface area contributed by atoms with Crippen molar-refractivity contribution in [1.29, 1.82) is 0 Å². The number of imidazole rings is 1. The molecule has 1 aliphatic rings. The number of anilines is 1. The van der Waals surface area contributed by atoms with Crippen molar-refractivity contribution in [3.63, 3.8) is 0 Å². The third kappa shape index (κ3) is 4.21. The van der Waals surface area contributed by atoms with Gasteiger partial charge in [-0.2, -0.15) is 0 Å². The van der Waals surface area contributed by atoms with E-state index in [-0.39, 0.29) is 11.8 Å². The van der Waals surface area contributed by atoms with Crippen molar-refractivity contribution in [1.82, 2.24) is 14.5 Å². The van der Waals surface area contributed by atoms with E-state index in [0.29, 0.717) is 0 Å². The molecule has 0 saturated carbocycles. The topological polar surface area (TPSA) is 50.2 Å². The lowest BCUT2D eigenvalue weighted by Crippen LogP contribution is -2.21. The molecule has 1 aromatic carbocycles. The first-order chi connectivity index (χ1) is 12.1. The zero-order valence-corrected chi connectivity index (χ0v) is 15.7. The molecule has 1 aliphatic heterocycles. The molecule has 5 heteroatoms. The maximum atomic E-state index is 11.9. The van der Waals surface area contributed by atoms with Gasteiger partial charge >= 0.3 is 0 Å². The number of nitrogens with zero attached hydrogens (tertiary/aromatic N) is 3. The lowest BCUT2D eigenvalue weighted by atomic mass is 10.2. The van der Waals surface area contributed by atoms with Crippen molar-refractivity contribution in [2.45, 2.75) is 59.5 Å². The Morgan fingerprint density at radius 3 is 2.72 bits per heavy atom. The Labute approximate surface area is 150 Å². The third-order valence-corrected chi connectivity index (χ3v) is 4.92. The van der Waals surface area contributed by atoms with Crippen molar-refractivity contribution in [3.8, 4) is 0 Å². The fourth-order valence-electron chi connectivity index (χ4n) is 3.37. The molecule has 0 aliphatic carbocycles. The van der Waals surface area contributed by atoms with Crippen LogP contribution >= 0.6 is 0 Å². The lowest BCUT2D eigenvalue weighted by Gasteiger charge is -2.15. The van der Waals surface area contributed by atoms with E-state index in [4.69, 9.17) is 4.98 Å². The molecular formula is C20H30N4O. The molecule has 25 heavy (non-hydrogen) atoms. The molecule has 1 fully saturated rings. The normalized spacial score (nSPS) is 15.4. The van der Waals surface area contributed by atoms with Gasteiger partial charge in [0.15, 0.2) is 0 Å². The summed E-state index contributed by atoms with van der Waals surface area (Å²) in [5, 5.41) is 2.98. The lowest BCUT2D eigenvalue weighted by molar-refractivity contribution is -0.118. The first-order valence-corrected chi connectivity index (χ1v) is 9.61. The van der Waals surface area contributed by atoms with Crippen LogP contribution in [0.1, 0.15) is 52.3 Å². The summed E-state index contributed by atoms with van der Waals surface area (Å²) in [5.74, 6) is 1.17. The molecule has 5 nitrogen and oxygen atoms in total. The van der Waals surface area contributed by atoms with E-state index in [9.17, 15) is 4.79 Å². The van der Waals surface area contributed by atoms with Crippen LogP contribution in [0.15, 0.2) is 18.2 Å². The Morgan fingerprint density at radius 2 is 2.04 bits per heavy atom. The number of hydrogen-bond acceptors (Lipinski definition) is 3. The molecule has 0 spiro atoms. The number of rotatable bonds is 7. The highest BCUT2D eigenvalue weighted by atomic mass is 16.1. The number of nitrogens with one attached hydrogen (secondary N) is 1. The SMILES string of the molecule is CCCCn1c(CN2CCCC2)nc2cc(NC(=O)C(C)C)ccc21. The number of hydrogen-bond donors (Lipinski definition) is 1. The molecule has 0 bridgehead atoms. The fourth-order valence-corrected chi connectivity index (χ4v) is 3.37. The van der Waals surface area contributed by atoms with E-state index in [2.05, 4.69) is 27.8 Å². The number of unbranched alkanes of at least 4 members (excludes halogenated alkanes) is 1. The van der Waals surface area contributed by atoms with E-state index in [0.717, 1.165) is 36.5 Å². The van der Waals surface area contributed by atoms with Crippen LogP contribution in [0.3, 0.4) is 0 Å². The monoisotopic (exact) mass is 342 g/mol. The van der Waals surface area contributed by atoms with E-state index in [1.54, 1.807) is 0 Å². The van der Waals surface area contributed by atoms with Crippen LogP contribution in [-0.4, -0.2) is 33.4 Å². The van der Waals surface area contributed by atoms with Gasteiger partial charge in [0, 0.05) is 18.2 Å². The van der Waals surface area contributed by atoms with Crippen LogP contribution in [0.5, 0.6) is 0 Å². The van der Waals surface area contributed by atoms with Crippen LogP contribution in [0.4, 0.5) is 5.69 Å². The van der Waals surface area contributed by atoms with E-state index in [1.807, 2.05) is 26.0 Å². The first-order valence-electron chi connectivity index (χ1n) is 9.61. The van der Waals surface area contributed by atoms with Crippen LogP contribution < -0.4 is 5.32 Å². The minimum atomic E-state index is -0.0245. The number of fused-ring (bicyclic) bond motifs is 1. The molecule has 136 valence electrons. The molecule has 0 unspecified atom stereocenters. The zero-order valence-electron chi connectivity index (χ0n) is 15.7. The smallest absolute Gasteiger partial charge is 0.226 e. The summed E-state index contributed by atoms with van der Waals surface area (Å²) in [6.07, 6.45) is 4.91. The minimum absolute atomic E-state index is 0.0245. The molecule has 1 aromatic heterocycles. The second-order valence-corrected chi connectivity index (χ2v) is 7.36. The number of carbonyl (C=O) groups excluding carboxylic acids is 1. The second kappa shape index (κ2) is 8.00. The standard InChI is InChI=1S/C20H30N4O/c1-4-5-12-24-18-9-8-16(21-20(25)15(2)3)13-17(18)22-19(24)14-23-10-6-7-11-23/h8-9,13,15H,4-7,10-12,14H2,1-3H3,(H,21,25). The van der Waals surface area contributed by atoms with Crippen molar-refractivity contribution in [2.75, 3.05) is 18.4 Å². The third-order valence-electron chi connectivity index (χ3n) is 4.92. The van der Waals surface area contributed by atoms with Gasteiger partial charge in [-0.1, -0.05) is 27.2 Å². The summed E-state index contributed by atoms with van der Waals surface area (Å²) < 4.78 is 2.37. The summed E-state index contributed by atoms with van der Waals surface area (Å²) in [6, 6.07) is 6.10. The molecule has 1 N–H and O–H groups in total. The summed E-state index contributed by atoms with van der Waals surface area (Å²) in [6.45, 7) is 10.3. The van der Waals surface area contributed by atoms with Crippen LogP contribution in [-0.2, 0) is 17.9 Å². The fraction of sp³-hybridized carbons (Fsp3) is 0.600. The summed E-state index contributed by atoms with van der Waals surface area (Å²) in [4.78, 5) is 19.4. The van der Waals surface area contributed by atoms with Crippen LogP contribution in [0.25, 0.3) is 11.0 Å². The van der Waals surface area contributed by atoms with Crippen molar-refractivity contribution < 1.29 is 4.79 Å². The van der Waals surface area contributed by atoms with Gasteiger partial charge in [-0.15, -0.1) is 0 Å². The van der Waals surface area contributed by atoms with Crippen molar-refractivity contribution in [3.05, 3.63) is 24.0 Å².